The van der Waals surface area contributed by atoms with Gasteiger partial charge in [0.05, 0.1) is 22.9 Å². The molecule has 2 rings (SSSR count). The van der Waals surface area contributed by atoms with Crippen molar-refractivity contribution in [2.75, 3.05) is 0 Å². The van der Waals surface area contributed by atoms with Crippen LogP contribution in [-0.2, 0) is 11.3 Å². The first-order valence-electron chi connectivity index (χ1n) is 7.24. The van der Waals surface area contributed by atoms with Crippen molar-refractivity contribution in [2.24, 2.45) is 0 Å². The zero-order chi connectivity index (χ0) is 17.9. The van der Waals surface area contributed by atoms with Crippen molar-refractivity contribution >= 4 is 32.1 Å². The molecule has 2 heterocycles. The van der Waals surface area contributed by atoms with Gasteiger partial charge < -0.3 is 15.1 Å². The van der Waals surface area contributed by atoms with Gasteiger partial charge in [-0.1, -0.05) is 5.21 Å². The normalized spacial score (nSPS) is 12.3. The van der Waals surface area contributed by atoms with Gasteiger partial charge in [-0.2, -0.15) is 0 Å². The first-order valence-corrected chi connectivity index (χ1v) is 8.04. The molecule has 0 fully saturated rings. The molecule has 0 amide bonds. The Labute approximate surface area is 148 Å². The lowest BCUT2D eigenvalue weighted by Gasteiger charge is -2.18. The van der Waals surface area contributed by atoms with Gasteiger partial charge in [-0.3, -0.25) is 0 Å². The van der Waals surface area contributed by atoms with Gasteiger partial charge in [0.25, 0.3) is 0 Å². The third-order valence-electron chi connectivity index (χ3n) is 2.67. The van der Waals surface area contributed by atoms with Crippen LogP contribution >= 0.6 is 15.9 Å². The minimum absolute atomic E-state index is 0.154. The van der Waals surface area contributed by atoms with E-state index < -0.39 is 11.6 Å². The minimum atomic E-state index is -0.580. The summed E-state index contributed by atoms with van der Waals surface area (Å²) in [6.45, 7) is 7.42. The van der Waals surface area contributed by atoms with Crippen molar-refractivity contribution < 1.29 is 9.53 Å². The van der Waals surface area contributed by atoms with Gasteiger partial charge in [0.15, 0.2) is 5.69 Å². The molecule has 0 spiro atoms. The molecular weight excluding hydrogens is 376 g/mol. The summed E-state index contributed by atoms with van der Waals surface area (Å²) in [6, 6.07) is 0. The summed E-state index contributed by atoms with van der Waals surface area (Å²) >= 11 is 3.37. The number of H-pyrrole nitrogens is 1. The van der Waals surface area contributed by atoms with Gasteiger partial charge >= 0.3 is 5.97 Å². The van der Waals surface area contributed by atoms with Gasteiger partial charge in [0.2, 0.25) is 0 Å². The molecule has 0 bridgehead atoms. The number of ether oxygens (including phenoxy) is 1. The average molecular weight is 395 g/mol. The number of aromatic amines is 1. The van der Waals surface area contributed by atoms with E-state index >= 15 is 0 Å². The van der Waals surface area contributed by atoms with Crippen LogP contribution < -0.4 is 0 Å². The Hall–Kier alpha value is -2.29. The van der Waals surface area contributed by atoms with E-state index in [0.717, 1.165) is 5.69 Å². The molecule has 0 unspecified atom stereocenters. The maximum absolute atomic E-state index is 11.9. The van der Waals surface area contributed by atoms with Crippen LogP contribution in [0.1, 0.15) is 49.7 Å². The van der Waals surface area contributed by atoms with Crippen LogP contribution in [0.2, 0.25) is 0 Å². The zero-order valence-corrected chi connectivity index (χ0v) is 15.5. The Morgan fingerprint density at radius 2 is 2.21 bits per heavy atom. The monoisotopic (exact) mass is 394 g/mol. The second-order valence-electron chi connectivity index (χ2n) is 6.22. The minimum Gasteiger partial charge on any atom is -0.455 e. The molecule has 0 radical (unpaired) electrons. The number of nitrogens with one attached hydrogen (secondary N) is 2. The van der Waals surface area contributed by atoms with Crippen LogP contribution in [0.15, 0.2) is 18.5 Å². The second-order valence-corrected chi connectivity index (χ2v) is 7.07. The molecular formula is C15H19BrN6O2. The highest BCUT2D eigenvalue weighted by Gasteiger charge is 2.20. The van der Waals surface area contributed by atoms with E-state index in [9.17, 15) is 4.79 Å². The zero-order valence-electron chi connectivity index (χ0n) is 13.9. The van der Waals surface area contributed by atoms with E-state index in [1.54, 1.807) is 40.0 Å². The predicted octanol–water partition coefficient (Wildman–Crippen LogP) is 2.78. The number of allylic oxidation sites excluding steroid dienone is 1. The molecule has 2 aromatic rings. The highest BCUT2D eigenvalue weighted by Crippen LogP contribution is 2.18. The quantitative estimate of drug-likeness (QED) is 0.598. The molecule has 0 saturated carbocycles. The van der Waals surface area contributed by atoms with Gasteiger partial charge in [-0.05, 0) is 49.7 Å². The van der Waals surface area contributed by atoms with E-state index in [1.165, 1.54) is 10.9 Å². The number of hydrogen-bond donors (Lipinski definition) is 2. The number of aromatic nitrogens is 5. The summed E-state index contributed by atoms with van der Waals surface area (Å²) in [4.78, 5) is 19.3. The molecule has 9 heteroatoms. The van der Waals surface area contributed by atoms with Crippen LogP contribution in [0.4, 0.5) is 0 Å². The third kappa shape index (κ3) is 5.12. The summed E-state index contributed by atoms with van der Waals surface area (Å²) in [5.74, 6) is 0.104. The van der Waals surface area contributed by atoms with Crippen molar-refractivity contribution in [2.45, 2.75) is 39.8 Å². The lowest BCUT2D eigenvalue weighted by molar-refractivity contribution is 0.00627. The molecule has 0 aliphatic rings. The first-order chi connectivity index (χ1) is 11.1. The van der Waals surface area contributed by atoms with Gasteiger partial charge in [-0.15, -0.1) is 5.10 Å². The fourth-order valence-electron chi connectivity index (χ4n) is 1.79. The average Bonchev–Trinajstić information content (AvgIpc) is 3.05. The molecule has 0 atom stereocenters. The van der Waals surface area contributed by atoms with Crippen molar-refractivity contribution in [3.63, 3.8) is 0 Å². The lowest BCUT2D eigenvalue weighted by Crippen LogP contribution is -2.24. The number of rotatable bonds is 5. The van der Waals surface area contributed by atoms with Crippen molar-refractivity contribution in [3.05, 3.63) is 35.7 Å². The Kier molecular flexibility index (Phi) is 5.33. The van der Waals surface area contributed by atoms with Crippen LogP contribution in [-0.4, -0.2) is 42.2 Å². The Morgan fingerprint density at radius 1 is 1.50 bits per heavy atom. The summed E-state index contributed by atoms with van der Waals surface area (Å²) in [5.41, 5.74) is 0.710. The van der Waals surface area contributed by atoms with Crippen LogP contribution in [0.3, 0.4) is 0 Å². The number of imidazole rings is 1. The topological polar surface area (TPSA) is 110 Å². The molecule has 2 aromatic heterocycles. The van der Waals surface area contributed by atoms with Crippen molar-refractivity contribution in [3.8, 4) is 0 Å². The fourth-order valence-corrected chi connectivity index (χ4v) is 2.33. The summed E-state index contributed by atoms with van der Waals surface area (Å²) < 4.78 is 7.45. The number of carbonyl (C=O) groups is 1. The largest absolute Gasteiger partial charge is 0.455 e. The molecule has 8 nitrogen and oxygen atoms in total. The summed E-state index contributed by atoms with van der Waals surface area (Å²) in [5, 5.41) is 15.2. The number of halogens is 1. The van der Waals surface area contributed by atoms with Crippen LogP contribution in [0.5, 0.6) is 0 Å². The SMILES string of the molecule is CC(=N)/C=C(/Br)c1nc(Cn2cc(C(=O)OC(C)(C)C)nn2)c[nH]1. The summed E-state index contributed by atoms with van der Waals surface area (Å²) in [6.07, 6.45) is 4.91. The van der Waals surface area contributed by atoms with Gasteiger partial charge in [-0.25, -0.2) is 14.5 Å². The van der Waals surface area contributed by atoms with Crippen molar-refractivity contribution in [1.82, 2.24) is 25.0 Å². The third-order valence-corrected chi connectivity index (χ3v) is 3.28. The van der Waals surface area contributed by atoms with E-state index in [2.05, 4.69) is 36.2 Å². The molecule has 0 aliphatic heterocycles. The molecule has 128 valence electrons. The smallest absolute Gasteiger partial charge is 0.361 e. The van der Waals surface area contributed by atoms with E-state index in [1.807, 2.05) is 0 Å². The van der Waals surface area contributed by atoms with E-state index in [4.69, 9.17) is 10.1 Å². The Morgan fingerprint density at radius 3 is 2.83 bits per heavy atom. The molecule has 0 aromatic carbocycles. The van der Waals surface area contributed by atoms with Gasteiger partial charge in [0.1, 0.15) is 11.4 Å². The van der Waals surface area contributed by atoms with Crippen LogP contribution in [0, 0.1) is 5.41 Å². The Bertz CT molecular complexity index is 784. The van der Waals surface area contributed by atoms with Gasteiger partial charge in [0, 0.05) is 11.9 Å². The highest BCUT2D eigenvalue weighted by atomic mass is 79.9. The molecule has 2 N–H and O–H groups in total. The maximum atomic E-state index is 11.9. The molecule has 0 aliphatic carbocycles. The lowest BCUT2D eigenvalue weighted by atomic mass is 10.2. The number of esters is 1. The Balaban J connectivity index is 2.07. The summed E-state index contributed by atoms with van der Waals surface area (Å²) in [7, 11) is 0. The predicted molar refractivity (Wildman–Crippen MR) is 93.2 cm³/mol. The second kappa shape index (κ2) is 7.08. The van der Waals surface area contributed by atoms with Crippen LogP contribution in [0.25, 0.3) is 4.48 Å². The molecule has 24 heavy (non-hydrogen) atoms. The van der Waals surface area contributed by atoms with Crippen molar-refractivity contribution in [1.29, 1.82) is 5.41 Å². The fraction of sp³-hybridized carbons (Fsp3) is 0.400. The maximum Gasteiger partial charge on any atom is 0.361 e. The van der Waals surface area contributed by atoms with E-state index in [-0.39, 0.29) is 5.69 Å². The number of nitrogens with zero attached hydrogens (tertiary/aromatic N) is 4. The highest BCUT2D eigenvalue weighted by molar-refractivity contribution is 9.15. The molecule has 0 saturated heterocycles. The number of carbonyl (C=O) groups excluding carboxylic acids is 1. The number of hydrogen-bond acceptors (Lipinski definition) is 6. The first kappa shape index (κ1) is 18.1. The standard InChI is InChI=1S/C15H19BrN6O2/c1-9(17)5-11(16)13-18-6-10(19-13)7-22-8-12(20-21-22)14(23)24-15(2,3)4/h5-6,8,17H,7H2,1-4H3,(H,18,19)/b11-5+,17-9?. The van der Waals surface area contributed by atoms with E-state index in [0.29, 0.717) is 22.6 Å².